The van der Waals surface area contributed by atoms with Crippen molar-refractivity contribution in [1.29, 1.82) is 0 Å². The highest BCUT2D eigenvalue weighted by Crippen LogP contribution is 2.27. The number of anilines is 1. The molecule has 1 N–H and O–H groups in total. The number of carbonyl (C=O) groups is 1. The van der Waals surface area contributed by atoms with Gasteiger partial charge >= 0.3 is 0 Å². The van der Waals surface area contributed by atoms with Gasteiger partial charge in [-0.3, -0.25) is 9.69 Å². The van der Waals surface area contributed by atoms with Crippen LogP contribution >= 0.6 is 11.6 Å². The summed E-state index contributed by atoms with van der Waals surface area (Å²) in [6, 6.07) is 4.37. The van der Waals surface area contributed by atoms with Gasteiger partial charge < -0.3 is 5.32 Å². The summed E-state index contributed by atoms with van der Waals surface area (Å²) in [5.74, 6) is -0.262. The molecule has 1 heterocycles. The lowest BCUT2D eigenvalue weighted by Crippen LogP contribution is -2.35. The molecule has 132 valence electrons. The normalized spacial score (nSPS) is 17.2. The van der Waals surface area contributed by atoms with E-state index >= 15 is 0 Å². The summed E-state index contributed by atoms with van der Waals surface area (Å²) < 4.78 is 27.1. The monoisotopic (exact) mass is 371 g/mol. The summed E-state index contributed by atoms with van der Waals surface area (Å²) in [6.07, 6.45) is 2.59. The largest absolute Gasteiger partial charge is 0.325 e. The lowest BCUT2D eigenvalue weighted by atomic mass is 10.3. The molecule has 1 aromatic carbocycles. The van der Waals surface area contributed by atoms with Gasteiger partial charge in [-0.15, -0.1) is 6.58 Å². The molecule has 1 aliphatic heterocycles. The molecule has 24 heavy (non-hydrogen) atoms. The highest BCUT2D eigenvalue weighted by atomic mass is 35.5. The number of hydrogen-bond donors (Lipinski definition) is 1. The molecule has 0 atom stereocenters. The minimum Gasteiger partial charge on any atom is -0.325 e. The molecule has 1 aromatic rings. The Morgan fingerprint density at radius 3 is 2.71 bits per heavy atom. The van der Waals surface area contributed by atoms with E-state index in [0.717, 1.165) is 19.5 Å². The Bertz CT molecular complexity index is 721. The van der Waals surface area contributed by atoms with Crippen molar-refractivity contribution < 1.29 is 13.2 Å². The van der Waals surface area contributed by atoms with E-state index in [0.29, 0.717) is 25.3 Å². The van der Waals surface area contributed by atoms with Crippen molar-refractivity contribution in [2.75, 3.05) is 38.0 Å². The number of amides is 1. The molecule has 0 aromatic heterocycles. The van der Waals surface area contributed by atoms with E-state index < -0.39 is 10.0 Å². The number of carbonyl (C=O) groups excluding carboxylic acids is 1. The fourth-order valence-electron chi connectivity index (χ4n) is 2.65. The Hall–Kier alpha value is -1.41. The maximum absolute atomic E-state index is 12.8. The van der Waals surface area contributed by atoms with E-state index in [-0.39, 0.29) is 15.8 Å². The highest BCUT2D eigenvalue weighted by Gasteiger charge is 2.27. The Balaban J connectivity index is 2.19. The van der Waals surface area contributed by atoms with E-state index in [9.17, 15) is 13.2 Å². The quantitative estimate of drug-likeness (QED) is 0.805. The Labute approximate surface area is 148 Å². The van der Waals surface area contributed by atoms with Crippen LogP contribution in [-0.4, -0.2) is 56.3 Å². The van der Waals surface area contributed by atoms with Gasteiger partial charge in [0.05, 0.1) is 15.6 Å². The topological polar surface area (TPSA) is 69.7 Å². The zero-order chi connectivity index (χ0) is 17.7. The number of sulfonamides is 1. The van der Waals surface area contributed by atoms with E-state index in [4.69, 9.17) is 11.6 Å². The second-order valence-electron chi connectivity index (χ2n) is 5.67. The third-order valence-electron chi connectivity index (χ3n) is 3.82. The summed E-state index contributed by atoms with van der Waals surface area (Å²) in [6.45, 7) is 8.27. The fraction of sp³-hybridized carbons (Fsp3) is 0.438. The van der Waals surface area contributed by atoms with Crippen LogP contribution in [-0.2, 0) is 14.8 Å². The molecule has 0 unspecified atom stereocenters. The zero-order valence-corrected chi connectivity index (χ0v) is 15.2. The molecule has 6 nitrogen and oxygen atoms in total. The van der Waals surface area contributed by atoms with Crippen molar-refractivity contribution in [3.8, 4) is 0 Å². The lowest BCUT2D eigenvalue weighted by Gasteiger charge is -2.21. The maximum atomic E-state index is 12.8. The molecule has 2 rings (SSSR count). The summed E-state index contributed by atoms with van der Waals surface area (Å²) in [5.41, 5.74) is 0.399. The molecule has 1 aliphatic rings. The van der Waals surface area contributed by atoms with E-state index in [1.807, 2.05) is 6.08 Å². The molecule has 8 heteroatoms. The number of nitrogens with one attached hydrogen (secondary N) is 1. The van der Waals surface area contributed by atoms with Crippen molar-refractivity contribution >= 4 is 33.2 Å². The zero-order valence-electron chi connectivity index (χ0n) is 13.7. The third kappa shape index (κ3) is 4.57. The minimum absolute atomic E-state index is 0.138. The average molecular weight is 372 g/mol. The molecule has 1 fully saturated rings. The van der Waals surface area contributed by atoms with Crippen LogP contribution in [0, 0.1) is 0 Å². The second kappa shape index (κ2) is 8.11. The van der Waals surface area contributed by atoms with Crippen LogP contribution in [0.5, 0.6) is 0 Å². The van der Waals surface area contributed by atoms with Gasteiger partial charge in [0.25, 0.3) is 0 Å². The highest BCUT2D eigenvalue weighted by molar-refractivity contribution is 7.89. The summed E-state index contributed by atoms with van der Waals surface area (Å²) >= 11 is 6.10. The summed E-state index contributed by atoms with van der Waals surface area (Å²) in [7, 11) is -3.61. The molecule has 0 radical (unpaired) electrons. The SMILES string of the molecule is C=CCN1CCCN(S(=O)(=O)c2ccc(NC(C)=O)c(Cl)c2)CC1. The van der Waals surface area contributed by atoms with E-state index in [1.54, 1.807) is 0 Å². The van der Waals surface area contributed by atoms with Gasteiger partial charge in [-0.25, -0.2) is 8.42 Å². The van der Waals surface area contributed by atoms with Crippen LogP contribution in [0.15, 0.2) is 35.7 Å². The summed E-state index contributed by atoms with van der Waals surface area (Å²) in [5, 5.41) is 2.77. The van der Waals surface area contributed by atoms with Crippen LogP contribution in [0.3, 0.4) is 0 Å². The minimum atomic E-state index is -3.61. The Kier molecular flexibility index (Phi) is 6.40. The fourth-order valence-corrected chi connectivity index (χ4v) is 4.44. The van der Waals surface area contributed by atoms with Gasteiger partial charge in [-0.05, 0) is 31.2 Å². The predicted octanol–water partition coefficient (Wildman–Crippen LogP) is 2.18. The van der Waals surface area contributed by atoms with Crippen LogP contribution in [0.1, 0.15) is 13.3 Å². The molecule has 1 saturated heterocycles. The summed E-state index contributed by atoms with van der Waals surface area (Å²) in [4.78, 5) is 13.4. The van der Waals surface area contributed by atoms with Crippen molar-refractivity contribution in [1.82, 2.24) is 9.21 Å². The van der Waals surface area contributed by atoms with Crippen molar-refractivity contribution in [2.24, 2.45) is 0 Å². The second-order valence-corrected chi connectivity index (χ2v) is 8.01. The van der Waals surface area contributed by atoms with Crippen molar-refractivity contribution in [3.63, 3.8) is 0 Å². The van der Waals surface area contributed by atoms with E-state index in [1.165, 1.54) is 29.4 Å². The predicted molar refractivity (Wildman–Crippen MR) is 95.8 cm³/mol. The molecule has 1 amide bonds. The molecule has 0 aliphatic carbocycles. The number of hydrogen-bond acceptors (Lipinski definition) is 4. The maximum Gasteiger partial charge on any atom is 0.243 e. The average Bonchev–Trinajstić information content (AvgIpc) is 2.75. The van der Waals surface area contributed by atoms with Gasteiger partial charge in [-0.2, -0.15) is 4.31 Å². The molecule has 0 saturated carbocycles. The number of benzene rings is 1. The Morgan fingerprint density at radius 1 is 1.33 bits per heavy atom. The van der Waals surface area contributed by atoms with Crippen molar-refractivity contribution in [2.45, 2.75) is 18.2 Å². The van der Waals surface area contributed by atoms with Gasteiger partial charge in [0, 0.05) is 33.1 Å². The van der Waals surface area contributed by atoms with Crippen LogP contribution in [0.4, 0.5) is 5.69 Å². The smallest absolute Gasteiger partial charge is 0.243 e. The van der Waals surface area contributed by atoms with Crippen LogP contribution in [0.2, 0.25) is 5.02 Å². The first-order chi connectivity index (χ1) is 11.3. The number of nitrogens with zero attached hydrogens (tertiary/aromatic N) is 2. The molecular formula is C16H22ClN3O3S. The van der Waals surface area contributed by atoms with Gasteiger partial charge in [0.2, 0.25) is 15.9 Å². The van der Waals surface area contributed by atoms with E-state index in [2.05, 4.69) is 16.8 Å². The van der Waals surface area contributed by atoms with Gasteiger partial charge in [0.15, 0.2) is 0 Å². The lowest BCUT2D eigenvalue weighted by molar-refractivity contribution is -0.114. The van der Waals surface area contributed by atoms with Crippen LogP contribution in [0.25, 0.3) is 0 Å². The first-order valence-corrected chi connectivity index (χ1v) is 9.57. The number of halogens is 1. The van der Waals surface area contributed by atoms with Crippen LogP contribution < -0.4 is 5.32 Å². The molecular weight excluding hydrogens is 350 g/mol. The third-order valence-corrected chi connectivity index (χ3v) is 6.03. The standard InChI is InChI=1S/C16H22ClN3O3S/c1-3-7-19-8-4-9-20(11-10-19)24(22,23)14-5-6-16(15(17)12-14)18-13(2)21/h3,5-6,12H,1,4,7-11H2,2H3,(H,18,21). The first kappa shape index (κ1) is 18.9. The molecule has 0 spiro atoms. The Morgan fingerprint density at radius 2 is 2.08 bits per heavy atom. The molecule has 0 bridgehead atoms. The van der Waals surface area contributed by atoms with Gasteiger partial charge in [0.1, 0.15) is 0 Å². The number of rotatable bonds is 5. The van der Waals surface area contributed by atoms with Gasteiger partial charge in [-0.1, -0.05) is 17.7 Å². The van der Waals surface area contributed by atoms with Crippen molar-refractivity contribution in [3.05, 3.63) is 35.9 Å². The first-order valence-electron chi connectivity index (χ1n) is 7.75.